The molecule has 0 saturated carbocycles. The predicted octanol–water partition coefficient (Wildman–Crippen LogP) is 6.60. The highest BCUT2D eigenvalue weighted by atomic mass is 79.9. The third kappa shape index (κ3) is 4.99. The van der Waals surface area contributed by atoms with E-state index < -0.39 is 0 Å². The number of benzene rings is 2. The third-order valence-corrected chi connectivity index (χ3v) is 4.94. The summed E-state index contributed by atoms with van der Waals surface area (Å²) >= 11 is 9.77. The molecule has 0 aliphatic carbocycles. The van der Waals surface area contributed by atoms with E-state index in [9.17, 15) is 0 Å². The van der Waals surface area contributed by atoms with Gasteiger partial charge in [0.05, 0.1) is 22.4 Å². The molecule has 0 spiro atoms. The number of nitrogens with one attached hydrogen (secondary N) is 2. The first kappa shape index (κ1) is 21.6. The fraction of sp³-hybridized carbons (Fsp3) is 0. The van der Waals surface area contributed by atoms with E-state index in [2.05, 4.69) is 54.6 Å². The zero-order valence-electron chi connectivity index (χ0n) is 16.8. The van der Waals surface area contributed by atoms with Gasteiger partial charge in [0, 0.05) is 27.2 Å². The van der Waals surface area contributed by atoms with Crippen molar-refractivity contribution in [3.05, 3.63) is 89.2 Å². The molecule has 4 rings (SSSR count). The number of fused-ring (bicyclic) bond motifs is 1. The van der Waals surface area contributed by atoms with Crippen LogP contribution in [-0.4, -0.2) is 20.2 Å². The molecule has 9 heteroatoms. The van der Waals surface area contributed by atoms with Crippen molar-refractivity contribution in [3.8, 4) is 11.5 Å². The maximum atomic E-state index is 6.46. The molecule has 0 saturated heterocycles. The van der Waals surface area contributed by atoms with E-state index in [-0.39, 0.29) is 5.95 Å². The van der Waals surface area contributed by atoms with Crippen LogP contribution in [0.25, 0.3) is 16.5 Å². The zero-order chi connectivity index (χ0) is 22.7. The highest BCUT2D eigenvalue weighted by Gasteiger charge is 2.09. The number of nitrogen functional groups attached to an aromatic ring is 1. The van der Waals surface area contributed by atoms with Crippen LogP contribution in [-0.2, 0) is 0 Å². The lowest BCUT2D eigenvalue weighted by atomic mass is 10.1. The van der Waals surface area contributed by atoms with Gasteiger partial charge in [0.2, 0.25) is 5.95 Å². The number of halogens is 2. The normalized spacial score (nSPS) is 11.4. The fourth-order valence-electron chi connectivity index (χ4n) is 3.00. The Morgan fingerprint density at radius 3 is 2.78 bits per heavy atom. The lowest BCUT2D eigenvalue weighted by Gasteiger charge is -2.12. The Balaban J connectivity index is 1.56. The van der Waals surface area contributed by atoms with Gasteiger partial charge in [-0.2, -0.15) is 10.1 Å². The van der Waals surface area contributed by atoms with Crippen molar-refractivity contribution in [1.29, 1.82) is 0 Å². The van der Waals surface area contributed by atoms with Gasteiger partial charge in [-0.25, -0.2) is 4.98 Å². The second-order valence-electron chi connectivity index (χ2n) is 6.74. The van der Waals surface area contributed by atoms with Crippen LogP contribution in [0.5, 0.6) is 11.5 Å². The molecule has 160 valence electrons. The number of rotatable bonds is 7. The Morgan fingerprint density at radius 2 is 2.03 bits per heavy atom. The van der Waals surface area contributed by atoms with Gasteiger partial charge >= 0.3 is 0 Å². The largest absolute Gasteiger partial charge is 0.456 e. The molecule has 2 heterocycles. The number of nitrogens with two attached hydrogens (primary N) is 1. The Morgan fingerprint density at radius 1 is 1.19 bits per heavy atom. The summed E-state index contributed by atoms with van der Waals surface area (Å²) < 4.78 is 6.62. The molecule has 0 aliphatic rings. The number of hydrogen-bond acceptors (Lipinski definition) is 6. The molecule has 7 nitrogen and oxygen atoms in total. The standard InChI is InChI=1S/C23H18BrClN6O/c1-3-14(8-13(2)24)20-11-22(30-23(26)29-20)28-16-4-7-21(18(25)10-16)32-17-5-6-19-15(9-17)12-27-31-19/h3-12H,1-2H2,(H,27,31)(H3,26,28,29,30)/b14-8+. The summed E-state index contributed by atoms with van der Waals surface area (Å²) in [6, 6.07) is 12.8. The number of H-pyrrole nitrogens is 1. The van der Waals surface area contributed by atoms with Gasteiger partial charge in [-0.1, -0.05) is 46.8 Å². The van der Waals surface area contributed by atoms with Crippen molar-refractivity contribution in [1.82, 2.24) is 20.2 Å². The average Bonchev–Trinajstić information content (AvgIpc) is 3.21. The Labute approximate surface area is 197 Å². The van der Waals surface area contributed by atoms with E-state index in [0.29, 0.717) is 38.2 Å². The van der Waals surface area contributed by atoms with Crippen LogP contribution >= 0.6 is 27.5 Å². The third-order valence-electron chi connectivity index (χ3n) is 4.42. The van der Waals surface area contributed by atoms with E-state index in [0.717, 1.165) is 16.5 Å². The number of aromatic amines is 1. The van der Waals surface area contributed by atoms with Gasteiger partial charge in [0.1, 0.15) is 17.3 Å². The van der Waals surface area contributed by atoms with Gasteiger partial charge in [0.15, 0.2) is 0 Å². The topological polar surface area (TPSA) is 102 Å². The Hall–Kier alpha value is -3.62. The predicted molar refractivity (Wildman–Crippen MR) is 134 cm³/mol. The summed E-state index contributed by atoms with van der Waals surface area (Å²) in [5.74, 6) is 1.82. The summed E-state index contributed by atoms with van der Waals surface area (Å²) in [4.78, 5) is 8.51. The molecule has 0 atom stereocenters. The van der Waals surface area contributed by atoms with Crippen molar-refractivity contribution in [3.63, 3.8) is 0 Å². The maximum Gasteiger partial charge on any atom is 0.222 e. The van der Waals surface area contributed by atoms with Crippen molar-refractivity contribution in [2.75, 3.05) is 11.1 Å². The minimum Gasteiger partial charge on any atom is -0.456 e. The molecule has 4 N–H and O–H groups in total. The van der Waals surface area contributed by atoms with Crippen molar-refractivity contribution in [2.45, 2.75) is 0 Å². The van der Waals surface area contributed by atoms with Crippen LogP contribution in [0.15, 0.2) is 78.5 Å². The lowest BCUT2D eigenvalue weighted by Crippen LogP contribution is -2.03. The summed E-state index contributed by atoms with van der Waals surface area (Å²) in [6.07, 6.45) is 5.20. The minimum atomic E-state index is 0.124. The van der Waals surface area contributed by atoms with E-state index in [1.165, 1.54) is 0 Å². The van der Waals surface area contributed by atoms with Crippen LogP contribution in [0.2, 0.25) is 5.02 Å². The van der Waals surface area contributed by atoms with E-state index in [4.69, 9.17) is 22.1 Å². The molecule has 2 aromatic carbocycles. The van der Waals surface area contributed by atoms with Gasteiger partial charge in [-0.15, -0.1) is 0 Å². The van der Waals surface area contributed by atoms with Gasteiger partial charge in [-0.3, -0.25) is 5.10 Å². The highest BCUT2D eigenvalue weighted by Crippen LogP contribution is 2.33. The molecule has 2 aromatic heterocycles. The Bertz CT molecular complexity index is 1360. The lowest BCUT2D eigenvalue weighted by molar-refractivity contribution is 0.484. The number of anilines is 3. The second kappa shape index (κ2) is 9.25. The zero-order valence-corrected chi connectivity index (χ0v) is 19.1. The molecule has 0 amide bonds. The molecule has 0 radical (unpaired) electrons. The molecule has 0 aliphatic heterocycles. The number of aromatic nitrogens is 4. The van der Waals surface area contributed by atoms with Crippen LogP contribution in [0.1, 0.15) is 5.69 Å². The van der Waals surface area contributed by atoms with Crippen LogP contribution in [0.3, 0.4) is 0 Å². The maximum absolute atomic E-state index is 6.46. The van der Waals surface area contributed by atoms with Crippen molar-refractivity contribution >= 4 is 61.5 Å². The first-order chi connectivity index (χ1) is 15.4. The van der Waals surface area contributed by atoms with Gasteiger partial charge in [0.25, 0.3) is 0 Å². The molecular formula is C23H18BrClN6O. The average molecular weight is 510 g/mol. The van der Waals surface area contributed by atoms with E-state index >= 15 is 0 Å². The fourth-order valence-corrected chi connectivity index (χ4v) is 3.47. The number of allylic oxidation sites excluding steroid dienone is 4. The summed E-state index contributed by atoms with van der Waals surface area (Å²) in [5, 5.41) is 11.5. The van der Waals surface area contributed by atoms with E-state index in [1.807, 2.05) is 24.3 Å². The summed E-state index contributed by atoms with van der Waals surface area (Å²) in [6.45, 7) is 7.63. The minimum absolute atomic E-state index is 0.124. The van der Waals surface area contributed by atoms with Gasteiger partial charge < -0.3 is 15.8 Å². The highest BCUT2D eigenvalue weighted by molar-refractivity contribution is 9.11. The first-order valence-electron chi connectivity index (χ1n) is 9.42. The quantitative estimate of drug-likeness (QED) is 0.243. The molecule has 32 heavy (non-hydrogen) atoms. The first-order valence-corrected chi connectivity index (χ1v) is 10.6. The summed E-state index contributed by atoms with van der Waals surface area (Å²) in [5.41, 5.74) is 8.90. The molecule has 0 unspecified atom stereocenters. The molecular weight excluding hydrogens is 492 g/mol. The van der Waals surface area contributed by atoms with Crippen LogP contribution < -0.4 is 15.8 Å². The number of hydrogen-bond donors (Lipinski definition) is 3. The van der Waals surface area contributed by atoms with E-state index in [1.54, 1.807) is 36.5 Å². The monoisotopic (exact) mass is 508 g/mol. The molecule has 4 aromatic rings. The number of nitrogens with zero attached hydrogens (tertiary/aromatic N) is 3. The van der Waals surface area contributed by atoms with Crippen molar-refractivity contribution < 1.29 is 4.74 Å². The molecule has 0 fully saturated rings. The molecule has 0 bridgehead atoms. The smallest absolute Gasteiger partial charge is 0.222 e. The second-order valence-corrected chi connectivity index (χ2v) is 8.16. The van der Waals surface area contributed by atoms with Crippen molar-refractivity contribution in [2.24, 2.45) is 0 Å². The number of ether oxygens (including phenoxy) is 1. The van der Waals surface area contributed by atoms with Crippen LogP contribution in [0.4, 0.5) is 17.5 Å². The van der Waals surface area contributed by atoms with Crippen LogP contribution in [0, 0.1) is 0 Å². The Kier molecular flexibility index (Phi) is 6.25. The SMILES string of the molecule is C=C/C(=C\C(=C)Br)c1cc(Nc2ccc(Oc3ccc4[nH]ncc4c3)c(Cl)c2)nc(N)n1. The summed E-state index contributed by atoms with van der Waals surface area (Å²) in [7, 11) is 0. The van der Waals surface area contributed by atoms with Gasteiger partial charge in [-0.05, 0) is 42.5 Å².